The standard InChI is InChI=1S/C23H42O3S/c1-4-7-8-10-15-23(26,5-2)16-12-14-20-19(21(24)18-22(20)25)13-9-11-17-27-6-3/h5,12,14,19-22,24-26H,2,4,6-11,13,15-18H2,1,3H3/t19-,20-,21+,22-,23?/m1/s1. The fourth-order valence-corrected chi connectivity index (χ4v) is 4.78. The SMILES string of the molecule is C=CC(O)(CC=C[C@@H]1[C@@H](CCCCSCC)[C@@H](O)C[C@H]1O)CCCCCC. The molecule has 158 valence electrons. The molecular formula is C23H42O3S. The number of aliphatic hydroxyl groups is 3. The Morgan fingerprint density at radius 3 is 2.52 bits per heavy atom. The lowest BCUT2D eigenvalue weighted by molar-refractivity contribution is 0.0812. The highest BCUT2D eigenvalue weighted by atomic mass is 32.2. The van der Waals surface area contributed by atoms with Gasteiger partial charge in [0, 0.05) is 12.3 Å². The van der Waals surface area contributed by atoms with Gasteiger partial charge >= 0.3 is 0 Å². The predicted octanol–water partition coefficient (Wildman–Crippen LogP) is 5.10. The van der Waals surface area contributed by atoms with Crippen molar-refractivity contribution in [3.63, 3.8) is 0 Å². The van der Waals surface area contributed by atoms with Gasteiger partial charge in [0.1, 0.15) is 0 Å². The zero-order chi connectivity index (χ0) is 20.1. The molecule has 1 aliphatic rings. The molecule has 4 heteroatoms. The van der Waals surface area contributed by atoms with E-state index in [1.165, 1.54) is 25.0 Å². The van der Waals surface area contributed by atoms with Crippen molar-refractivity contribution in [2.75, 3.05) is 11.5 Å². The lowest BCUT2D eigenvalue weighted by Gasteiger charge is -2.24. The second kappa shape index (κ2) is 13.8. The molecule has 5 atom stereocenters. The smallest absolute Gasteiger partial charge is 0.0859 e. The normalized spacial score (nSPS) is 27.9. The summed E-state index contributed by atoms with van der Waals surface area (Å²) in [6, 6.07) is 0. The summed E-state index contributed by atoms with van der Waals surface area (Å²) < 4.78 is 0. The number of hydrogen-bond donors (Lipinski definition) is 3. The summed E-state index contributed by atoms with van der Waals surface area (Å²) in [7, 11) is 0. The number of thioether (sulfide) groups is 1. The van der Waals surface area contributed by atoms with E-state index in [9.17, 15) is 15.3 Å². The van der Waals surface area contributed by atoms with E-state index < -0.39 is 17.8 Å². The minimum atomic E-state index is -0.862. The van der Waals surface area contributed by atoms with E-state index in [2.05, 4.69) is 20.4 Å². The monoisotopic (exact) mass is 398 g/mol. The third kappa shape index (κ3) is 9.17. The second-order valence-electron chi connectivity index (χ2n) is 8.05. The Morgan fingerprint density at radius 2 is 1.85 bits per heavy atom. The Morgan fingerprint density at radius 1 is 1.07 bits per heavy atom. The van der Waals surface area contributed by atoms with Crippen LogP contribution >= 0.6 is 11.8 Å². The average Bonchev–Trinajstić information content (AvgIpc) is 2.92. The predicted molar refractivity (Wildman–Crippen MR) is 118 cm³/mol. The van der Waals surface area contributed by atoms with Crippen LogP contribution in [0.25, 0.3) is 0 Å². The van der Waals surface area contributed by atoms with Gasteiger partial charge in [-0.3, -0.25) is 0 Å². The molecule has 0 bridgehead atoms. The summed E-state index contributed by atoms with van der Waals surface area (Å²) in [5, 5.41) is 31.4. The van der Waals surface area contributed by atoms with E-state index in [1.54, 1.807) is 6.08 Å². The molecule has 0 spiro atoms. The van der Waals surface area contributed by atoms with Crippen molar-refractivity contribution in [2.24, 2.45) is 11.8 Å². The summed E-state index contributed by atoms with van der Waals surface area (Å²) in [6.45, 7) is 8.17. The zero-order valence-electron chi connectivity index (χ0n) is 17.5. The first-order valence-electron chi connectivity index (χ1n) is 10.9. The molecule has 0 saturated heterocycles. The van der Waals surface area contributed by atoms with Crippen LogP contribution in [0.4, 0.5) is 0 Å². The topological polar surface area (TPSA) is 60.7 Å². The first-order chi connectivity index (χ1) is 13.0. The van der Waals surface area contributed by atoms with Crippen LogP contribution in [-0.2, 0) is 0 Å². The fraction of sp³-hybridized carbons (Fsp3) is 0.826. The Balaban J connectivity index is 2.52. The van der Waals surface area contributed by atoms with Gasteiger partial charge in [0.05, 0.1) is 17.8 Å². The van der Waals surface area contributed by atoms with E-state index >= 15 is 0 Å². The van der Waals surface area contributed by atoms with Gasteiger partial charge < -0.3 is 15.3 Å². The van der Waals surface area contributed by atoms with E-state index in [0.29, 0.717) is 12.8 Å². The third-order valence-electron chi connectivity index (χ3n) is 5.87. The third-order valence-corrected chi connectivity index (χ3v) is 6.85. The zero-order valence-corrected chi connectivity index (χ0v) is 18.3. The number of hydrogen-bond acceptors (Lipinski definition) is 4. The highest BCUT2D eigenvalue weighted by Gasteiger charge is 2.39. The maximum absolute atomic E-state index is 10.7. The number of rotatable bonds is 15. The second-order valence-corrected chi connectivity index (χ2v) is 9.45. The van der Waals surface area contributed by atoms with Crippen LogP contribution < -0.4 is 0 Å². The van der Waals surface area contributed by atoms with Crippen LogP contribution in [0, 0.1) is 11.8 Å². The van der Waals surface area contributed by atoms with Crippen LogP contribution in [0.5, 0.6) is 0 Å². The van der Waals surface area contributed by atoms with Gasteiger partial charge in [-0.2, -0.15) is 11.8 Å². The highest BCUT2D eigenvalue weighted by Crippen LogP contribution is 2.37. The van der Waals surface area contributed by atoms with Crippen LogP contribution in [0.15, 0.2) is 24.8 Å². The summed E-state index contributed by atoms with van der Waals surface area (Å²) in [5.74, 6) is 2.45. The summed E-state index contributed by atoms with van der Waals surface area (Å²) in [4.78, 5) is 0. The Kier molecular flexibility index (Phi) is 12.7. The molecule has 1 aliphatic carbocycles. The van der Waals surface area contributed by atoms with Gasteiger partial charge in [0.2, 0.25) is 0 Å². The van der Waals surface area contributed by atoms with Crippen molar-refractivity contribution in [1.29, 1.82) is 0 Å². The lowest BCUT2D eigenvalue weighted by Crippen LogP contribution is -2.25. The van der Waals surface area contributed by atoms with Gasteiger partial charge in [-0.15, -0.1) is 6.58 Å². The molecule has 3 N–H and O–H groups in total. The summed E-state index contributed by atoms with van der Waals surface area (Å²) >= 11 is 1.96. The molecular weight excluding hydrogens is 356 g/mol. The van der Waals surface area contributed by atoms with Crippen molar-refractivity contribution in [1.82, 2.24) is 0 Å². The Bertz CT molecular complexity index is 426. The van der Waals surface area contributed by atoms with Crippen molar-refractivity contribution >= 4 is 11.8 Å². The minimum Gasteiger partial charge on any atom is -0.393 e. The molecule has 1 unspecified atom stereocenters. The molecule has 0 aromatic rings. The van der Waals surface area contributed by atoms with Crippen LogP contribution in [0.1, 0.15) is 78.1 Å². The average molecular weight is 399 g/mol. The largest absolute Gasteiger partial charge is 0.393 e. The van der Waals surface area contributed by atoms with E-state index in [4.69, 9.17) is 0 Å². The lowest BCUT2D eigenvalue weighted by atomic mass is 9.87. The van der Waals surface area contributed by atoms with Crippen molar-refractivity contribution < 1.29 is 15.3 Å². The summed E-state index contributed by atoms with van der Waals surface area (Å²) in [5.41, 5.74) is -0.862. The van der Waals surface area contributed by atoms with Crippen molar-refractivity contribution in [3.8, 4) is 0 Å². The first-order valence-corrected chi connectivity index (χ1v) is 12.1. The van der Waals surface area contributed by atoms with Gasteiger partial charge in [-0.05, 0) is 43.1 Å². The van der Waals surface area contributed by atoms with Crippen LogP contribution in [0.3, 0.4) is 0 Å². The van der Waals surface area contributed by atoms with Crippen LogP contribution in [0.2, 0.25) is 0 Å². The molecule has 1 fully saturated rings. The number of unbranched alkanes of at least 4 members (excludes halogenated alkanes) is 4. The molecule has 1 saturated carbocycles. The van der Waals surface area contributed by atoms with Gasteiger partial charge in [-0.1, -0.05) is 64.2 Å². The molecule has 0 radical (unpaired) electrons. The van der Waals surface area contributed by atoms with E-state index in [0.717, 1.165) is 37.9 Å². The molecule has 3 nitrogen and oxygen atoms in total. The maximum atomic E-state index is 10.7. The molecule has 0 aromatic carbocycles. The number of aliphatic hydroxyl groups excluding tert-OH is 2. The highest BCUT2D eigenvalue weighted by molar-refractivity contribution is 7.99. The first kappa shape index (κ1) is 24.7. The van der Waals surface area contributed by atoms with E-state index in [1.807, 2.05) is 23.9 Å². The van der Waals surface area contributed by atoms with Crippen molar-refractivity contribution in [2.45, 2.75) is 95.9 Å². The molecule has 1 rings (SSSR count). The van der Waals surface area contributed by atoms with E-state index in [-0.39, 0.29) is 11.8 Å². The maximum Gasteiger partial charge on any atom is 0.0859 e. The Labute approximate surface area is 171 Å². The van der Waals surface area contributed by atoms with Gasteiger partial charge in [0.15, 0.2) is 0 Å². The van der Waals surface area contributed by atoms with Gasteiger partial charge in [0.25, 0.3) is 0 Å². The van der Waals surface area contributed by atoms with Gasteiger partial charge in [-0.25, -0.2) is 0 Å². The minimum absolute atomic E-state index is 0.00650. The summed E-state index contributed by atoms with van der Waals surface area (Å²) in [6.07, 6.45) is 14.3. The fourth-order valence-electron chi connectivity index (χ4n) is 4.08. The molecule has 0 aromatic heterocycles. The molecule has 0 aliphatic heterocycles. The molecule has 27 heavy (non-hydrogen) atoms. The molecule has 0 heterocycles. The van der Waals surface area contributed by atoms with Crippen molar-refractivity contribution in [3.05, 3.63) is 24.8 Å². The molecule has 0 amide bonds. The van der Waals surface area contributed by atoms with Crippen LogP contribution in [-0.4, -0.2) is 44.6 Å². The Hall–Kier alpha value is -0.290. The quantitative estimate of drug-likeness (QED) is 0.265.